The van der Waals surface area contributed by atoms with Crippen molar-refractivity contribution in [3.05, 3.63) is 91.5 Å². The Morgan fingerprint density at radius 1 is 1.00 bits per heavy atom. The summed E-state index contributed by atoms with van der Waals surface area (Å²) in [5.74, 6) is -0.000607. The molecule has 2 aromatic carbocycles. The molecule has 0 amide bonds. The number of rotatable bonds is 4. The van der Waals surface area contributed by atoms with Gasteiger partial charge in [0.05, 0.1) is 5.69 Å². The number of nitrogens with one attached hydrogen (secondary N) is 1. The number of aromatic nitrogens is 1. The number of hydrogen-bond donors (Lipinski definition) is 1. The first kappa shape index (κ1) is 23.0. The van der Waals surface area contributed by atoms with Crippen LogP contribution in [0.25, 0.3) is 0 Å². The van der Waals surface area contributed by atoms with Crippen LogP contribution in [0.15, 0.2) is 58.4 Å². The zero-order valence-corrected chi connectivity index (χ0v) is 17.4. The van der Waals surface area contributed by atoms with Gasteiger partial charge < -0.3 is 5.32 Å². The molecule has 5 nitrogen and oxygen atoms in total. The van der Waals surface area contributed by atoms with Gasteiger partial charge >= 0.3 is 0 Å². The van der Waals surface area contributed by atoms with E-state index in [0.717, 1.165) is 5.56 Å². The Hall–Kier alpha value is -3.08. The summed E-state index contributed by atoms with van der Waals surface area (Å²) >= 11 is 0. The molecule has 0 aliphatic carbocycles. The molecular weight excluding hydrogens is 352 g/mol. The number of hydrogen-bond acceptors (Lipinski definition) is 5. The number of Topliss-reactive ketones (excluding diaryl/α,β-unsaturated/α-hetero) is 1. The number of nitrogens with zero attached hydrogens (tertiary/aromatic N) is 1. The minimum Gasteiger partial charge on any atom is -0.375 e. The Balaban J connectivity index is 0.000000363. The normalized spacial score (nSPS) is 10.8. The highest BCUT2D eigenvalue weighted by atomic mass is 16.2. The van der Waals surface area contributed by atoms with Crippen molar-refractivity contribution in [2.75, 3.05) is 5.32 Å². The molecule has 1 heterocycles. The maximum Gasteiger partial charge on any atom is 0.249 e. The van der Waals surface area contributed by atoms with Crippen LogP contribution in [-0.4, -0.2) is 10.8 Å². The molecule has 0 aliphatic heterocycles. The minimum absolute atomic E-state index is 0.000607. The van der Waals surface area contributed by atoms with Crippen molar-refractivity contribution in [1.29, 1.82) is 0 Å². The molecule has 3 rings (SSSR count). The molecule has 28 heavy (non-hydrogen) atoms. The maximum absolute atomic E-state index is 11.4. The molecule has 0 fully saturated rings. The van der Waals surface area contributed by atoms with Crippen molar-refractivity contribution in [2.24, 2.45) is 0 Å². The molecule has 148 valence electrons. The highest BCUT2D eigenvalue weighted by Gasteiger charge is 2.18. The predicted molar refractivity (Wildman–Crippen MR) is 115 cm³/mol. The van der Waals surface area contributed by atoms with Crippen LogP contribution in [0.1, 0.15) is 60.8 Å². The Morgan fingerprint density at radius 3 is 2.07 bits per heavy atom. The fourth-order valence-electron chi connectivity index (χ4n) is 2.43. The van der Waals surface area contributed by atoms with Crippen molar-refractivity contribution >= 4 is 11.5 Å². The lowest BCUT2D eigenvalue weighted by atomic mass is 10.0. The molecule has 0 bridgehead atoms. The number of anilines is 1. The number of carbonyl (C=O) groups excluding carboxylic acids is 1. The summed E-state index contributed by atoms with van der Waals surface area (Å²) in [5, 5.41) is 3.03. The van der Waals surface area contributed by atoms with Gasteiger partial charge in [0, 0.05) is 29.6 Å². The lowest BCUT2D eigenvalue weighted by Gasteiger charge is -2.18. The topological polar surface area (TPSA) is 76.1 Å². The predicted octanol–water partition coefficient (Wildman–Crippen LogP) is 4.38. The van der Waals surface area contributed by atoms with Crippen molar-refractivity contribution in [2.45, 2.75) is 47.6 Å². The molecule has 1 N–H and O–H groups in total. The van der Waals surface area contributed by atoms with Crippen molar-refractivity contribution < 1.29 is 4.79 Å². The zero-order chi connectivity index (χ0) is 21.3. The standard InChI is InChI=1S/C15H15NO3.C6H7N.C2H6/c1-8-13(15(19)14(8)18)16-9(2)11-5-4-6-12(7-11)10(3)17;1-6-2-4-7-5-3-6;1-2/h4-7,9,16H,1-3H3;2-5H,1H3;1-2H3. The number of benzene rings is 1. The molecule has 0 saturated carbocycles. The quantitative estimate of drug-likeness (QED) is 0.537. The molecule has 3 aromatic rings. The summed E-state index contributed by atoms with van der Waals surface area (Å²) < 4.78 is 0. The first-order valence-electron chi connectivity index (χ1n) is 9.35. The molecule has 5 heteroatoms. The van der Waals surface area contributed by atoms with Crippen LogP contribution in [0.3, 0.4) is 0 Å². The molecule has 0 radical (unpaired) electrons. The molecule has 1 atom stereocenters. The third kappa shape index (κ3) is 5.98. The van der Waals surface area contributed by atoms with Gasteiger partial charge in [-0.05, 0) is 57.0 Å². The van der Waals surface area contributed by atoms with Gasteiger partial charge in [-0.25, -0.2) is 0 Å². The van der Waals surface area contributed by atoms with E-state index in [1.54, 1.807) is 37.5 Å². The average molecular weight is 380 g/mol. The zero-order valence-electron chi connectivity index (χ0n) is 17.4. The number of ketones is 1. The van der Waals surface area contributed by atoms with E-state index in [0.29, 0.717) is 16.8 Å². The lowest BCUT2D eigenvalue weighted by Crippen LogP contribution is -2.37. The second kappa shape index (κ2) is 10.9. The highest BCUT2D eigenvalue weighted by molar-refractivity contribution is 5.94. The molecular formula is C23H28N2O3. The van der Waals surface area contributed by atoms with E-state index in [1.807, 2.05) is 45.9 Å². The van der Waals surface area contributed by atoms with E-state index in [4.69, 9.17) is 0 Å². The number of pyridine rings is 1. The van der Waals surface area contributed by atoms with E-state index in [2.05, 4.69) is 10.3 Å². The summed E-state index contributed by atoms with van der Waals surface area (Å²) in [6.07, 6.45) is 3.57. The number of carbonyl (C=O) groups is 1. The van der Waals surface area contributed by atoms with Gasteiger partial charge in [0.1, 0.15) is 0 Å². The van der Waals surface area contributed by atoms with Crippen molar-refractivity contribution in [1.82, 2.24) is 4.98 Å². The summed E-state index contributed by atoms with van der Waals surface area (Å²) in [6, 6.07) is 11.0. The lowest BCUT2D eigenvalue weighted by molar-refractivity contribution is 0.101. The molecule has 1 aromatic heterocycles. The summed E-state index contributed by atoms with van der Waals surface area (Å²) in [4.78, 5) is 37.7. The Labute approximate surface area is 166 Å². The maximum atomic E-state index is 11.4. The van der Waals surface area contributed by atoms with E-state index in [9.17, 15) is 14.4 Å². The Bertz CT molecular complexity index is 971. The smallest absolute Gasteiger partial charge is 0.249 e. The van der Waals surface area contributed by atoms with E-state index >= 15 is 0 Å². The van der Waals surface area contributed by atoms with Crippen molar-refractivity contribution in [3.8, 4) is 0 Å². The molecule has 0 saturated heterocycles. The first-order valence-corrected chi connectivity index (χ1v) is 9.35. The number of aryl methyl sites for hydroxylation is 1. The van der Waals surface area contributed by atoms with Crippen LogP contribution < -0.4 is 16.2 Å². The van der Waals surface area contributed by atoms with Crippen molar-refractivity contribution in [3.63, 3.8) is 0 Å². The second-order valence-electron chi connectivity index (χ2n) is 6.23. The summed E-state index contributed by atoms with van der Waals surface area (Å²) in [6.45, 7) is 11.1. The van der Waals surface area contributed by atoms with Gasteiger partial charge in [-0.2, -0.15) is 0 Å². The monoisotopic (exact) mass is 380 g/mol. The first-order chi connectivity index (χ1) is 13.3. The molecule has 0 spiro atoms. The van der Waals surface area contributed by atoms with E-state index in [-0.39, 0.29) is 11.8 Å². The van der Waals surface area contributed by atoms with Crippen LogP contribution in [0, 0.1) is 13.8 Å². The summed E-state index contributed by atoms with van der Waals surface area (Å²) in [7, 11) is 0. The molecule has 1 unspecified atom stereocenters. The largest absolute Gasteiger partial charge is 0.375 e. The van der Waals surface area contributed by atoms with Crippen LogP contribution in [-0.2, 0) is 0 Å². The van der Waals surface area contributed by atoms with Gasteiger partial charge in [0.25, 0.3) is 0 Å². The van der Waals surface area contributed by atoms with Crippen LogP contribution in [0.4, 0.5) is 5.69 Å². The fraction of sp³-hybridized carbons (Fsp3) is 0.304. The van der Waals surface area contributed by atoms with Crippen LogP contribution >= 0.6 is 0 Å². The SMILES string of the molecule is CC.CC(=O)c1cccc(C(C)Nc2c(C)c(=O)c2=O)c1.Cc1ccncc1. The average Bonchev–Trinajstić information content (AvgIpc) is 2.73. The van der Waals surface area contributed by atoms with Gasteiger partial charge in [0.2, 0.25) is 10.9 Å². The van der Waals surface area contributed by atoms with E-state index in [1.165, 1.54) is 12.5 Å². The minimum atomic E-state index is -0.466. The van der Waals surface area contributed by atoms with E-state index < -0.39 is 10.9 Å². The fourth-order valence-corrected chi connectivity index (χ4v) is 2.43. The third-order valence-electron chi connectivity index (χ3n) is 4.15. The van der Waals surface area contributed by atoms with Crippen LogP contribution in [0.5, 0.6) is 0 Å². The highest BCUT2D eigenvalue weighted by Crippen LogP contribution is 2.20. The molecule has 0 aliphatic rings. The van der Waals surface area contributed by atoms with Crippen LogP contribution in [0.2, 0.25) is 0 Å². The third-order valence-corrected chi connectivity index (χ3v) is 4.15. The van der Waals surface area contributed by atoms with Gasteiger partial charge in [0.15, 0.2) is 5.78 Å². The Morgan fingerprint density at radius 2 is 1.61 bits per heavy atom. The Kier molecular flexibility index (Phi) is 8.96. The summed E-state index contributed by atoms with van der Waals surface area (Å²) in [5.41, 5.74) is 2.76. The van der Waals surface area contributed by atoms with Gasteiger partial charge in [-0.1, -0.05) is 32.0 Å². The van der Waals surface area contributed by atoms with Gasteiger partial charge in [-0.15, -0.1) is 0 Å². The second-order valence-corrected chi connectivity index (χ2v) is 6.23. The van der Waals surface area contributed by atoms with Gasteiger partial charge in [-0.3, -0.25) is 19.4 Å².